The van der Waals surface area contributed by atoms with E-state index in [9.17, 15) is 4.79 Å². The second kappa shape index (κ2) is 1.96. The van der Waals surface area contributed by atoms with Crippen molar-refractivity contribution >= 4 is 5.78 Å². The van der Waals surface area contributed by atoms with Gasteiger partial charge in [0.1, 0.15) is 5.78 Å². The van der Waals surface area contributed by atoms with Gasteiger partial charge in [0.25, 0.3) is 0 Å². The van der Waals surface area contributed by atoms with Gasteiger partial charge in [0.05, 0.1) is 0 Å². The number of fused-ring (bicyclic) bond motifs is 2. The molecule has 0 saturated heterocycles. The van der Waals surface area contributed by atoms with Crippen molar-refractivity contribution in [1.82, 2.24) is 0 Å². The van der Waals surface area contributed by atoms with E-state index < -0.39 is 0 Å². The summed E-state index contributed by atoms with van der Waals surface area (Å²) in [5, 5.41) is 0. The molecule has 0 radical (unpaired) electrons. The molecule has 0 unspecified atom stereocenters. The SMILES string of the molecule is CC1(C)C(=O)C[C@H]2C=C[C@H]1C2. The quantitative estimate of drug-likeness (QED) is 0.484. The van der Waals surface area contributed by atoms with E-state index in [0.29, 0.717) is 17.6 Å². The summed E-state index contributed by atoms with van der Waals surface area (Å²) in [7, 11) is 0. The normalized spacial score (nSPS) is 39.6. The van der Waals surface area contributed by atoms with Crippen LogP contribution in [0, 0.1) is 17.3 Å². The molecule has 2 aliphatic carbocycles. The number of carbonyl (C=O) groups excluding carboxylic acids is 1. The Morgan fingerprint density at radius 2 is 2.18 bits per heavy atom. The molecular formula is C10H14O. The van der Waals surface area contributed by atoms with E-state index in [2.05, 4.69) is 26.0 Å². The molecule has 0 aromatic rings. The van der Waals surface area contributed by atoms with Crippen molar-refractivity contribution in [1.29, 1.82) is 0 Å². The van der Waals surface area contributed by atoms with Gasteiger partial charge in [-0.05, 0) is 18.3 Å². The third kappa shape index (κ3) is 0.867. The molecule has 2 bridgehead atoms. The van der Waals surface area contributed by atoms with Crippen molar-refractivity contribution in [2.45, 2.75) is 26.7 Å². The average Bonchev–Trinajstić information content (AvgIpc) is 2.31. The van der Waals surface area contributed by atoms with Crippen LogP contribution < -0.4 is 0 Å². The Labute approximate surface area is 67.5 Å². The number of rotatable bonds is 0. The Kier molecular flexibility index (Phi) is 1.26. The molecule has 0 aromatic carbocycles. The first kappa shape index (κ1) is 7.08. The Bertz CT molecular complexity index is 225. The molecule has 2 atom stereocenters. The van der Waals surface area contributed by atoms with Gasteiger partial charge in [-0.25, -0.2) is 0 Å². The van der Waals surface area contributed by atoms with Gasteiger partial charge in [0.15, 0.2) is 0 Å². The van der Waals surface area contributed by atoms with Gasteiger partial charge in [0.2, 0.25) is 0 Å². The van der Waals surface area contributed by atoms with Gasteiger partial charge in [-0.15, -0.1) is 0 Å². The van der Waals surface area contributed by atoms with E-state index >= 15 is 0 Å². The molecule has 1 saturated carbocycles. The molecule has 1 fully saturated rings. The third-order valence-corrected chi connectivity index (χ3v) is 3.27. The molecule has 0 heterocycles. The van der Waals surface area contributed by atoms with Crippen LogP contribution in [0.5, 0.6) is 0 Å². The standard InChI is InChI=1S/C10H14O/c1-10(2)8-4-3-7(5-8)6-9(10)11/h3-4,7-8H,5-6H2,1-2H3/t7-,8-/m0/s1. The lowest BCUT2D eigenvalue weighted by Gasteiger charge is -2.34. The van der Waals surface area contributed by atoms with Crippen LogP contribution in [0.25, 0.3) is 0 Å². The monoisotopic (exact) mass is 150 g/mol. The fraction of sp³-hybridized carbons (Fsp3) is 0.700. The highest BCUT2D eigenvalue weighted by atomic mass is 16.1. The van der Waals surface area contributed by atoms with Crippen molar-refractivity contribution in [3.05, 3.63) is 12.2 Å². The van der Waals surface area contributed by atoms with Crippen LogP contribution in [0.3, 0.4) is 0 Å². The maximum Gasteiger partial charge on any atom is 0.139 e. The van der Waals surface area contributed by atoms with Gasteiger partial charge in [-0.3, -0.25) is 4.79 Å². The van der Waals surface area contributed by atoms with E-state index in [0.717, 1.165) is 6.42 Å². The van der Waals surface area contributed by atoms with E-state index in [1.807, 2.05) is 0 Å². The maximum absolute atomic E-state index is 11.5. The Hall–Kier alpha value is -0.590. The molecule has 0 aromatic heterocycles. The van der Waals surface area contributed by atoms with Crippen LogP contribution in [-0.2, 0) is 4.79 Å². The van der Waals surface area contributed by atoms with Crippen molar-refractivity contribution in [2.24, 2.45) is 17.3 Å². The van der Waals surface area contributed by atoms with E-state index in [1.165, 1.54) is 6.42 Å². The summed E-state index contributed by atoms with van der Waals surface area (Å²) in [5.74, 6) is 1.54. The molecule has 0 N–H and O–H groups in total. The minimum Gasteiger partial charge on any atom is -0.299 e. The van der Waals surface area contributed by atoms with Crippen molar-refractivity contribution in [3.63, 3.8) is 0 Å². The smallest absolute Gasteiger partial charge is 0.139 e. The number of Topliss-reactive ketones (excluding diaryl/α,β-unsaturated/α-hetero) is 1. The fourth-order valence-corrected chi connectivity index (χ4v) is 2.17. The first-order chi connectivity index (χ1) is 5.10. The molecule has 0 spiro atoms. The van der Waals surface area contributed by atoms with Gasteiger partial charge in [0, 0.05) is 11.8 Å². The summed E-state index contributed by atoms with van der Waals surface area (Å²) >= 11 is 0. The molecule has 2 rings (SSSR count). The number of hydrogen-bond donors (Lipinski definition) is 0. The van der Waals surface area contributed by atoms with Crippen molar-refractivity contribution < 1.29 is 4.79 Å². The van der Waals surface area contributed by atoms with Crippen molar-refractivity contribution in [3.8, 4) is 0 Å². The largest absolute Gasteiger partial charge is 0.299 e. The van der Waals surface area contributed by atoms with E-state index in [-0.39, 0.29) is 5.41 Å². The highest BCUT2D eigenvalue weighted by Gasteiger charge is 2.43. The zero-order valence-electron chi connectivity index (χ0n) is 7.13. The van der Waals surface area contributed by atoms with Crippen LogP contribution in [0.2, 0.25) is 0 Å². The zero-order chi connectivity index (χ0) is 8.06. The molecule has 1 nitrogen and oxygen atoms in total. The molecule has 2 aliphatic rings. The molecule has 60 valence electrons. The first-order valence-corrected chi connectivity index (χ1v) is 4.32. The summed E-state index contributed by atoms with van der Waals surface area (Å²) < 4.78 is 0. The van der Waals surface area contributed by atoms with Crippen LogP contribution >= 0.6 is 0 Å². The zero-order valence-corrected chi connectivity index (χ0v) is 7.13. The fourth-order valence-electron chi connectivity index (χ4n) is 2.17. The summed E-state index contributed by atoms with van der Waals surface area (Å²) in [6.07, 6.45) is 6.44. The molecular weight excluding hydrogens is 136 g/mol. The first-order valence-electron chi connectivity index (χ1n) is 4.32. The second-order valence-corrected chi connectivity index (χ2v) is 4.34. The maximum atomic E-state index is 11.5. The molecule has 1 heteroatoms. The number of ketones is 1. The second-order valence-electron chi connectivity index (χ2n) is 4.34. The Morgan fingerprint density at radius 1 is 1.45 bits per heavy atom. The van der Waals surface area contributed by atoms with Crippen molar-refractivity contribution in [2.75, 3.05) is 0 Å². The van der Waals surface area contributed by atoms with Crippen LogP contribution in [0.15, 0.2) is 12.2 Å². The Morgan fingerprint density at radius 3 is 2.91 bits per heavy atom. The third-order valence-electron chi connectivity index (χ3n) is 3.27. The lowest BCUT2D eigenvalue weighted by molar-refractivity contribution is -0.132. The molecule has 0 amide bonds. The van der Waals surface area contributed by atoms with Crippen LogP contribution in [0.1, 0.15) is 26.7 Å². The summed E-state index contributed by atoms with van der Waals surface area (Å²) in [6, 6.07) is 0. The average molecular weight is 150 g/mol. The highest BCUT2D eigenvalue weighted by Crippen LogP contribution is 2.45. The van der Waals surface area contributed by atoms with Gasteiger partial charge >= 0.3 is 0 Å². The predicted molar refractivity (Wildman–Crippen MR) is 44.1 cm³/mol. The van der Waals surface area contributed by atoms with Gasteiger partial charge in [-0.2, -0.15) is 0 Å². The molecule has 11 heavy (non-hydrogen) atoms. The van der Waals surface area contributed by atoms with Gasteiger partial charge < -0.3 is 0 Å². The Balaban J connectivity index is 2.33. The minimum absolute atomic E-state index is 0.0799. The lowest BCUT2D eigenvalue weighted by Crippen LogP contribution is -2.36. The van der Waals surface area contributed by atoms with E-state index in [4.69, 9.17) is 0 Å². The highest BCUT2D eigenvalue weighted by molar-refractivity contribution is 5.86. The van der Waals surface area contributed by atoms with Gasteiger partial charge in [-0.1, -0.05) is 26.0 Å². The number of carbonyl (C=O) groups is 1. The lowest BCUT2D eigenvalue weighted by atomic mass is 9.68. The number of allylic oxidation sites excluding steroid dienone is 2. The summed E-state index contributed by atoms with van der Waals surface area (Å²) in [6.45, 7) is 4.15. The summed E-state index contributed by atoms with van der Waals surface area (Å²) in [5.41, 5.74) is -0.0799. The number of hydrogen-bond acceptors (Lipinski definition) is 1. The topological polar surface area (TPSA) is 17.1 Å². The van der Waals surface area contributed by atoms with Crippen LogP contribution in [-0.4, -0.2) is 5.78 Å². The van der Waals surface area contributed by atoms with E-state index in [1.54, 1.807) is 0 Å². The molecule has 0 aliphatic heterocycles. The minimum atomic E-state index is -0.0799. The van der Waals surface area contributed by atoms with Crippen LogP contribution in [0.4, 0.5) is 0 Å². The predicted octanol–water partition coefficient (Wildman–Crippen LogP) is 2.18. The summed E-state index contributed by atoms with van der Waals surface area (Å²) in [4.78, 5) is 11.5.